The first-order valence-corrected chi connectivity index (χ1v) is 10.8. The SMILES string of the molecule is COc1cccc(NC(=O)CSc2nnc(Cc3ccccc3)n2-c2ccccc2)c1. The Hall–Kier alpha value is -3.58. The van der Waals surface area contributed by atoms with E-state index < -0.39 is 0 Å². The molecule has 0 atom stereocenters. The number of hydrogen-bond donors (Lipinski definition) is 1. The number of benzene rings is 3. The summed E-state index contributed by atoms with van der Waals surface area (Å²) >= 11 is 1.36. The fourth-order valence-electron chi connectivity index (χ4n) is 3.15. The summed E-state index contributed by atoms with van der Waals surface area (Å²) in [6.07, 6.45) is 0.652. The van der Waals surface area contributed by atoms with Gasteiger partial charge in [-0.2, -0.15) is 0 Å². The Morgan fingerprint density at radius 2 is 1.71 bits per heavy atom. The number of nitrogens with zero attached hydrogens (tertiary/aromatic N) is 3. The Kier molecular flexibility index (Phi) is 6.64. The van der Waals surface area contributed by atoms with E-state index in [1.807, 2.05) is 71.3 Å². The van der Waals surface area contributed by atoms with Gasteiger partial charge >= 0.3 is 0 Å². The molecule has 0 saturated carbocycles. The fourth-order valence-corrected chi connectivity index (χ4v) is 3.92. The third-order valence-corrected chi connectivity index (χ3v) is 5.53. The van der Waals surface area contributed by atoms with Gasteiger partial charge in [-0.15, -0.1) is 10.2 Å². The highest BCUT2D eigenvalue weighted by Gasteiger charge is 2.16. The quantitative estimate of drug-likeness (QED) is 0.414. The maximum absolute atomic E-state index is 12.5. The standard InChI is InChI=1S/C24H22N4O2S/c1-30-21-14-8-11-19(16-21)25-23(29)17-31-24-27-26-22(15-18-9-4-2-5-10-18)28(24)20-12-6-3-7-13-20/h2-14,16H,15,17H2,1H3,(H,25,29). The molecule has 1 heterocycles. The maximum atomic E-state index is 12.5. The summed E-state index contributed by atoms with van der Waals surface area (Å²) in [6, 6.07) is 27.4. The molecule has 0 aliphatic carbocycles. The molecule has 1 amide bonds. The Labute approximate surface area is 185 Å². The molecule has 31 heavy (non-hydrogen) atoms. The van der Waals surface area contributed by atoms with Crippen LogP contribution in [0.5, 0.6) is 5.75 Å². The van der Waals surface area contributed by atoms with Crippen molar-refractivity contribution >= 4 is 23.4 Å². The van der Waals surface area contributed by atoms with Crippen LogP contribution in [0, 0.1) is 0 Å². The van der Waals surface area contributed by atoms with Crippen molar-refractivity contribution in [3.8, 4) is 11.4 Å². The molecular weight excluding hydrogens is 408 g/mol. The van der Waals surface area contributed by atoms with Crippen molar-refractivity contribution in [3.63, 3.8) is 0 Å². The lowest BCUT2D eigenvalue weighted by atomic mass is 10.1. The van der Waals surface area contributed by atoms with Crippen LogP contribution in [0.15, 0.2) is 90.1 Å². The van der Waals surface area contributed by atoms with Crippen molar-refractivity contribution in [1.82, 2.24) is 14.8 Å². The normalized spacial score (nSPS) is 10.6. The largest absolute Gasteiger partial charge is 0.497 e. The molecule has 6 nitrogen and oxygen atoms in total. The smallest absolute Gasteiger partial charge is 0.234 e. The number of carbonyl (C=O) groups is 1. The van der Waals surface area contributed by atoms with Crippen LogP contribution in [0.3, 0.4) is 0 Å². The van der Waals surface area contributed by atoms with Gasteiger partial charge in [-0.3, -0.25) is 9.36 Å². The van der Waals surface area contributed by atoms with Gasteiger partial charge in [0, 0.05) is 23.9 Å². The summed E-state index contributed by atoms with van der Waals surface area (Å²) in [5.74, 6) is 1.62. The van der Waals surface area contributed by atoms with Crippen molar-refractivity contribution in [2.75, 3.05) is 18.2 Å². The fraction of sp³-hybridized carbons (Fsp3) is 0.125. The summed E-state index contributed by atoms with van der Waals surface area (Å²) in [7, 11) is 1.60. The molecular formula is C24H22N4O2S. The zero-order chi connectivity index (χ0) is 21.5. The Morgan fingerprint density at radius 3 is 2.45 bits per heavy atom. The second-order valence-electron chi connectivity index (χ2n) is 6.80. The number of anilines is 1. The van der Waals surface area contributed by atoms with Gasteiger partial charge in [0.15, 0.2) is 5.16 Å². The number of nitrogens with one attached hydrogen (secondary N) is 1. The minimum Gasteiger partial charge on any atom is -0.497 e. The molecule has 0 bridgehead atoms. The van der Waals surface area contributed by atoms with Crippen LogP contribution in [0.25, 0.3) is 5.69 Å². The van der Waals surface area contributed by atoms with Crippen molar-refractivity contribution in [2.24, 2.45) is 0 Å². The number of hydrogen-bond acceptors (Lipinski definition) is 5. The number of carbonyl (C=O) groups excluding carboxylic acids is 1. The van der Waals surface area contributed by atoms with E-state index in [-0.39, 0.29) is 11.7 Å². The van der Waals surface area contributed by atoms with Gasteiger partial charge < -0.3 is 10.1 Å². The molecule has 4 rings (SSSR count). The first-order valence-electron chi connectivity index (χ1n) is 9.83. The summed E-state index contributed by atoms with van der Waals surface area (Å²) < 4.78 is 7.21. The molecule has 0 unspecified atom stereocenters. The van der Waals surface area contributed by atoms with Gasteiger partial charge in [-0.25, -0.2) is 0 Å². The highest BCUT2D eigenvalue weighted by Crippen LogP contribution is 2.24. The molecule has 7 heteroatoms. The van der Waals surface area contributed by atoms with Crippen molar-refractivity contribution in [1.29, 1.82) is 0 Å². The highest BCUT2D eigenvalue weighted by molar-refractivity contribution is 7.99. The van der Waals surface area contributed by atoms with Gasteiger partial charge in [-0.05, 0) is 29.8 Å². The van der Waals surface area contributed by atoms with Crippen LogP contribution in [-0.4, -0.2) is 33.5 Å². The zero-order valence-corrected chi connectivity index (χ0v) is 17.9. The molecule has 0 fully saturated rings. The minimum atomic E-state index is -0.120. The maximum Gasteiger partial charge on any atom is 0.234 e. The van der Waals surface area contributed by atoms with Gasteiger partial charge in [0.1, 0.15) is 11.6 Å². The number of methoxy groups -OCH3 is 1. The monoisotopic (exact) mass is 430 g/mol. The summed E-state index contributed by atoms with van der Waals surface area (Å²) in [5, 5.41) is 12.4. The molecule has 156 valence electrons. The first-order chi connectivity index (χ1) is 15.2. The Bertz CT molecular complexity index is 1150. The second kappa shape index (κ2) is 9.95. The van der Waals surface area contributed by atoms with E-state index in [0.717, 1.165) is 17.1 Å². The zero-order valence-electron chi connectivity index (χ0n) is 17.1. The highest BCUT2D eigenvalue weighted by atomic mass is 32.2. The van der Waals surface area contributed by atoms with Crippen LogP contribution in [0.2, 0.25) is 0 Å². The van der Waals surface area contributed by atoms with Gasteiger partial charge in [0.25, 0.3) is 0 Å². The van der Waals surface area contributed by atoms with E-state index >= 15 is 0 Å². The second-order valence-corrected chi connectivity index (χ2v) is 7.74. The lowest BCUT2D eigenvalue weighted by Crippen LogP contribution is -2.14. The van der Waals surface area contributed by atoms with Crippen LogP contribution in [-0.2, 0) is 11.2 Å². The van der Waals surface area contributed by atoms with Gasteiger partial charge in [0.05, 0.1) is 12.9 Å². The average Bonchev–Trinajstić information content (AvgIpc) is 3.21. The first kappa shape index (κ1) is 20.7. The van der Waals surface area contributed by atoms with E-state index in [1.165, 1.54) is 11.8 Å². The van der Waals surface area contributed by atoms with E-state index in [9.17, 15) is 4.79 Å². The topological polar surface area (TPSA) is 69.0 Å². The van der Waals surface area contributed by atoms with Crippen LogP contribution in [0.1, 0.15) is 11.4 Å². The summed E-state index contributed by atoms with van der Waals surface area (Å²) in [5.41, 5.74) is 2.81. The van der Waals surface area contributed by atoms with E-state index in [4.69, 9.17) is 4.74 Å². The summed E-state index contributed by atoms with van der Waals surface area (Å²) in [4.78, 5) is 12.5. The van der Waals surface area contributed by atoms with Crippen molar-refractivity contribution in [3.05, 3.63) is 96.3 Å². The number of rotatable bonds is 8. The molecule has 1 N–H and O–H groups in total. The van der Waals surface area contributed by atoms with Gasteiger partial charge in [-0.1, -0.05) is 66.4 Å². The molecule has 0 saturated heterocycles. The Morgan fingerprint density at radius 1 is 0.968 bits per heavy atom. The molecule has 4 aromatic rings. The van der Waals surface area contributed by atoms with Gasteiger partial charge in [0.2, 0.25) is 5.91 Å². The molecule has 0 radical (unpaired) electrons. The molecule has 0 spiro atoms. The number of thioether (sulfide) groups is 1. The Balaban J connectivity index is 1.51. The molecule has 1 aromatic heterocycles. The lowest BCUT2D eigenvalue weighted by Gasteiger charge is -2.11. The van der Waals surface area contributed by atoms with E-state index in [1.54, 1.807) is 13.2 Å². The lowest BCUT2D eigenvalue weighted by molar-refractivity contribution is -0.113. The average molecular weight is 431 g/mol. The molecule has 0 aliphatic rings. The summed E-state index contributed by atoms with van der Waals surface area (Å²) in [6.45, 7) is 0. The number of para-hydroxylation sites is 1. The van der Waals surface area contributed by atoms with E-state index in [0.29, 0.717) is 23.0 Å². The third-order valence-electron chi connectivity index (χ3n) is 4.61. The van der Waals surface area contributed by atoms with Crippen molar-refractivity contribution < 1.29 is 9.53 Å². The number of ether oxygens (including phenoxy) is 1. The van der Waals surface area contributed by atoms with Crippen LogP contribution in [0.4, 0.5) is 5.69 Å². The predicted molar refractivity (Wildman–Crippen MR) is 123 cm³/mol. The van der Waals surface area contributed by atoms with Crippen LogP contribution >= 0.6 is 11.8 Å². The predicted octanol–water partition coefficient (Wildman–Crippen LogP) is 4.60. The molecule has 0 aliphatic heterocycles. The number of amides is 1. The minimum absolute atomic E-state index is 0.120. The molecule has 3 aromatic carbocycles. The third kappa shape index (κ3) is 5.32. The van der Waals surface area contributed by atoms with Crippen molar-refractivity contribution in [2.45, 2.75) is 11.6 Å². The van der Waals surface area contributed by atoms with E-state index in [2.05, 4.69) is 27.6 Å². The van der Waals surface area contributed by atoms with Crippen LogP contribution < -0.4 is 10.1 Å². The number of aromatic nitrogens is 3.